The molecule has 3 rings (SSSR count). The summed E-state index contributed by atoms with van der Waals surface area (Å²) in [6.07, 6.45) is 5.04. The molecule has 0 bridgehead atoms. The van der Waals surface area contributed by atoms with E-state index in [4.69, 9.17) is 5.26 Å². The molecule has 110 valence electrons. The van der Waals surface area contributed by atoms with Crippen molar-refractivity contribution in [3.05, 3.63) is 39.9 Å². The lowest BCUT2D eigenvalue weighted by Crippen LogP contribution is -2.12. The predicted octanol–water partition coefficient (Wildman–Crippen LogP) is 3.11. The maximum atomic E-state index is 8.93. The van der Waals surface area contributed by atoms with Crippen molar-refractivity contribution in [1.82, 2.24) is 19.7 Å². The highest BCUT2D eigenvalue weighted by atomic mass is 127. The molecule has 0 radical (unpaired) electrons. The van der Waals surface area contributed by atoms with Gasteiger partial charge in [-0.25, -0.2) is 9.97 Å². The predicted molar refractivity (Wildman–Crippen MR) is 92.9 cm³/mol. The summed E-state index contributed by atoms with van der Waals surface area (Å²) in [6.45, 7) is 4.18. The molecule has 0 unspecified atom stereocenters. The number of halogens is 1. The molecular weight excluding hydrogens is 391 g/mol. The van der Waals surface area contributed by atoms with Gasteiger partial charge >= 0.3 is 0 Å². The van der Waals surface area contributed by atoms with E-state index in [0.29, 0.717) is 23.1 Å². The Kier molecular flexibility index (Phi) is 3.94. The average Bonchev–Trinajstić information content (AvgIpc) is 2.92. The molecule has 7 heteroatoms. The van der Waals surface area contributed by atoms with Crippen LogP contribution < -0.4 is 5.32 Å². The van der Waals surface area contributed by atoms with Crippen molar-refractivity contribution in [3.63, 3.8) is 0 Å². The van der Waals surface area contributed by atoms with Gasteiger partial charge in [-0.1, -0.05) is 0 Å². The molecule has 0 aliphatic rings. The molecule has 0 atom stereocenters. The molecule has 0 aliphatic heterocycles. The highest BCUT2D eigenvalue weighted by molar-refractivity contribution is 14.1. The number of hydrogen-bond acceptors (Lipinski definition) is 5. The maximum Gasteiger partial charge on any atom is 0.164 e. The fourth-order valence-electron chi connectivity index (χ4n) is 2.12. The average molecular weight is 404 g/mol. The fraction of sp³-hybridized carbons (Fsp3) is 0.200. The number of nitriles is 1. The first-order valence-corrected chi connectivity index (χ1v) is 7.82. The summed E-state index contributed by atoms with van der Waals surface area (Å²) in [5.74, 6) is 0.691. The van der Waals surface area contributed by atoms with Gasteiger partial charge in [0, 0.05) is 29.9 Å². The maximum absolute atomic E-state index is 8.93. The number of aromatic nitrogens is 4. The van der Waals surface area contributed by atoms with E-state index in [1.54, 1.807) is 29.3 Å². The molecule has 3 aromatic heterocycles. The van der Waals surface area contributed by atoms with Crippen molar-refractivity contribution >= 4 is 39.3 Å². The van der Waals surface area contributed by atoms with Crippen LogP contribution in [0.4, 0.5) is 5.69 Å². The summed E-state index contributed by atoms with van der Waals surface area (Å²) in [6, 6.07) is 6.13. The molecule has 3 aromatic rings. The van der Waals surface area contributed by atoms with Gasteiger partial charge in [-0.3, -0.25) is 0 Å². The van der Waals surface area contributed by atoms with E-state index in [-0.39, 0.29) is 0 Å². The number of pyridine rings is 2. The highest BCUT2D eigenvalue weighted by Gasteiger charge is 2.11. The van der Waals surface area contributed by atoms with Crippen LogP contribution in [0.15, 0.2) is 30.7 Å². The van der Waals surface area contributed by atoms with Crippen molar-refractivity contribution < 1.29 is 0 Å². The van der Waals surface area contributed by atoms with Crippen molar-refractivity contribution in [2.75, 3.05) is 5.32 Å². The van der Waals surface area contributed by atoms with E-state index in [0.717, 1.165) is 14.6 Å². The lowest BCUT2D eigenvalue weighted by atomic mass is 10.2. The van der Waals surface area contributed by atoms with Crippen LogP contribution >= 0.6 is 22.6 Å². The number of anilines is 1. The van der Waals surface area contributed by atoms with E-state index in [1.807, 2.05) is 6.07 Å². The zero-order chi connectivity index (χ0) is 15.7. The van der Waals surface area contributed by atoms with Crippen LogP contribution in [0.2, 0.25) is 0 Å². The van der Waals surface area contributed by atoms with Gasteiger partial charge in [0.2, 0.25) is 0 Å². The molecule has 3 heterocycles. The van der Waals surface area contributed by atoms with Gasteiger partial charge in [-0.2, -0.15) is 15.0 Å². The Morgan fingerprint density at radius 3 is 2.77 bits per heavy atom. The molecule has 0 fully saturated rings. The monoisotopic (exact) mass is 404 g/mol. The first kappa shape index (κ1) is 14.7. The minimum atomic E-state index is 0.328. The third-order valence-corrected chi connectivity index (χ3v) is 3.90. The number of rotatable bonds is 3. The highest BCUT2D eigenvalue weighted by Crippen LogP contribution is 2.22. The van der Waals surface area contributed by atoms with Crippen LogP contribution in [0.5, 0.6) is 0 Å². The van der Waals surface area contributed by atoms with Gasteiger partial charge in [-0.05, 0) is 42.5 Å². The van der Waals surface area contributed by atoms with E-state index in [1.165, 1.54) is 0 Å². The van der Waals surface area contributed by atoms with Gasteiger partial charge in [0.1, 0.15) is 6.07 Å². The fourth-order valence-corrected chi connectivity index (χ4v) is 2.57. The van der Waals surface area contributed by atoms with Crippen molar-refractivity contribution in [2.24, 2.45) is 0 Å². The Labute approximate surface area is 141 Å². The van der Waals surface area contributed by atoms with E-state index in [9.17, 15) is 0 Å². The topological polar surface area (TPSA) is 79.4 Å². The molecule has 0 saturated heterocycles. The van der Waals surface area contributed by atoms with E-state index < -0.39 is 0 Å². The van der Waals surface area contributed by atoms with Gasteiger partial charge in [0.05, 0.1) is 21.0 Å². The van der Waals surface area contributed by atoms with Crippen LogP contribution in [0.1, 0.15) is 19.4 Å². The summed E-state index contributed by atoms with van der Waals surface area (Å²) in [5, 5.41) is 17.5. The smallest absolute Gasteiger partial charge is 0.164 e. The Hall–Kier alpha value is -2.21. The SMILES string of the molecule is CC(C)Nc1cc(-n2ncc3cc(C#N)cnc32)ncc1I. The van der Waals surface area contributed by atoms with Gasteiger partial charge in [0.25, 0.3) is 0 Å². The van der Waals surface area contributed by atoms with Crippen molar-refractivity contribution in [2.45, 2.75) is 19.9 Å². The number of nitrogens with zero attached hydrogens (tertiary/aromatic N) is 5. The number of fused-ring (bicyclic) bond motifs is 1. The van der Waals surface area contributed by atoms with Gasteiger partial charge in [0.15, 0.2) is 11.5 Å². The zero-order valence-electron chi connectivity index (χ0n) is 12.1. The molecule has 0 aromatic carbocycles. The first-order chi connectivity index (χ1) is 10.6. The Morgan fingerprint density at radius 1 is 1.23 bits per heavy atom. The summed E-state index contributed by atoms with van der Waals surface area (Å²) < 4.78 is 2.73. The summed E-state index contributed by atoms with van der Waals surface area (Å²) in [7, 11) is 0. The standard InChI is InChI=1S/C15H13IN6/c1-9(2)21-13-4-14(18-8-12(13)16)22-15-11(7-20-22)3-10(5-17)6-19-15/h3-4,6-9H,1-2H3,(H,18,21). The lowest BCUT2D eigenvalue weighted by Gasteiger charge is -2.13. The largest absolute Gasteiger partial charge is 0.382 e. The van der Waals surface area contributed by atoms with Gasteiger partial charge < -0.3 is 5.32 Å². The number of nitrogens with one attached hydrogen (secondary N) is 1. The Morgan fingerprint density at radius 2 is 2.05 bits per heavy atom. The minimum Gasteiger partial charge on any atom is -0.382 e. The van der Waals surface area contributed by atoms with Gasteiger partial charge in [-0.15, -0.1) is 0 Å². The third-order valence-electron chi connectivity index (χ3n) is 3.04. The quantitative estimate of drug-likeness (QED) is 0.679. The van der Waals surface area contributed by atoms with Crippen LogP contribution in [-0.4, -0.2) is 25.8 Å². The molecule has 22 heavy (non-hydrogen) atoms. The van der Waals surface area contributed by atoms with Crippen LogP contribution in [0.3, 0.4) is 0 Å². The second-order valence-corrected chi connectivity index (χ2v) is 6.29. The van der Waals surface area contributed by atoms with Crippen LogP contribution in [0, 0.1) is 14.9 Å². The van der Waals surface area contributed by atoms with Crippen molar-refractivity contribution in [1.29, 1.82) is 5.26 Å². The van der Waals surface area contributed by atoms with Crippen LogP contribution in [0.25, 0.3) is 16.9 Å². The zero-order valence-corrected chi connectivity index (χ0v) is 14.2. The molecule has 0 aliphatic carbocycles. The molecule has 6 nitrogen and oxygen atoms in total. The van der Waals surface area contributed by atoms with Crippen LogP contribution in [-0.2, 0) is 0 Å². The Balaban J connectivity index is 2.10. The molecular formula is C15H13IN6. The Bertz CT molecular complexity index is 877. The lowest BCUT2D eigenvalue weighted by molar-refractivity contribution is 0.856. The summed E-state index contributed by atoms with van der Waals surface area (Å²) in [5.41, 5.74) is 2.21. The molecule has 0 spiro atoms. The molecule has 1 N–H and O–H groups in total. The summed E-state index contributed by atoms with van der Waals surface area (Å²) in [4.78, 5) is 8.75. The second kappa shape index (κ2) is 5.88. The minimum absolute atomic E-state index is 0.328. The summed E-state index contributed by atoms with van der Waals surface area (Å²) >= 11 is 2.25. The molecule has 0 saturated carbocycles. The van der Waals surface area contributed by atoms with Crippen molar-refractivity contribution in [3.8, 4) is 11.9 Å². The van der Waals surface area contributed by atoms with E-state index in [2.05, 4.69) is 62.9 Å². The second-order valence-electron chi connectivity index (χ2n) is 5.13. The third kappa shape index (κ3) is 2.74. The number of hydrogen-bond donors (Lipinski definition) is 1. The first-order valence-electron chi connectivity index (χ1n) is 6.75. The normalized spacial score (nSPS) is 10.9. The van der Waals surface area contributed by atoms with E-state index >= 15 is 0 Å². The molecule has 0 amide bonds.